The average molecular weight is 739 g/mol. The van der Waals surface area contributed by atoms with E-state index in [1.165, 1.54) is 64.2 Å². The molecule has 4 rings (SSSR count). The van der Waals surface area contributed by atoms with Crippen LogP contribution in [0, 0.1) is 13.8 Å². The number of hydrogen-bond acceptors (Lipinski definition) is 3. The Morgan fingerprint density at radius 3 is 1.48 bits per heavy atom. The van der Waals surface area contributed by atoms with Crippen molar-refractivity contribution in [2.24, 2.45) is 0 Å². The van der Waals surface area contributed by atoms with Gasteiger partial charge in [0.05, 0.1) is 22.6 Å². The second-order valence-corrected chi connectivity index (χ2v) is 18.4. The SMILES string of the molecule is C1=C/CC/C=C/C[CH-]/1.CC[C@@H]1CC[C@@H](CC)[PH+]1c1ccccc1[PH+]1[C@H](CC)CC[C@H]1CC.O=S(=O)([O-])C(F)(F)F.[CH3-].[Rh+3]. The first-order valence-electron chi connectivity index (χ1n) is 15.0. The van der Waals surface area contributed by atoms with Crippen LogP contribution >= 0.6 is 15.8 Å². The van der Waals surface area contributed by atoms with Crippen LogP contribution in [0.25, 0.3) is 0 Å². The van der Waals surface area contributed by atoms with E-state index in [4.69, 9.17) is 13.0 Å². The van der Waals surface area contributed by atoms with E-state index in [0.29, 0.717) is 0 Å². The van der Waals surface area contributed by atoms with Crippen LogP contribution in [-0.4, -0.2) is 41.1 Å². The van der Waals surface area contributed by atoms with Crippen LogP contribution in [0.15, 0.2) is 48.6 Å². The van der Waals surface area contributed by atoms with Gasteiger partial charge in [0.25, 0.3) is 0 Å². The van der Waals surface area contributed by atoms with Crippen molar-refractivity contribution in [1.82, 2.24) is 0 Å². The summed E-state index contributed by atoms with van der Waals surface area (Å²) >= 11 is 0. The predicted molar refractivity (Wildman–Crippen MR) is 176 cm³/mol. The molecule has 0 aromatic heterocycles. The molecule has 10 heteroatoms. The largest absolute Gasteiger partial charge is 3.00 e. The molecule has 0 unspecified atom stereocenters. The topological polar surface area (TPSA) is 57.2 Å². The van der Waals surface area contributed by atoms with Crippen molar-refractivity contribution < 1.29 is 45.6 Å². The van der Waals surface area contributed by atoms with E-state index in [0.717, 1.165) is 29.1 Å². The summed E-state index contributed by atoms with van der Waals surface area (Å²) in [5.74, 6) is 0. The molecule has 242 valence electrons. The van der Waals surface area contributed by atoms with Crippen LogP contribution < -0.4 is 10.6 Å². The minimum Gasteiger partial charge on any atom is -0.741 e. The van der Waals surface area contributed by atoms with Crippen LogP contribution in [0.4, 0.5) is 13.2 Å². The fourth-order valence-electron chi connectivity index (χ4n) is 6.41. The van der Waals surface area contributed by atoms with Gasteiger partial charge in [0.15, 0.2) is 10.1 Å². The molecule has 0 saturated carbocycles. The molecule has 1 aromatic rings. The molecule has 0 N–H and O–H groups in total. The van der Waals surface area contributed by atoms with Crippen molar-refractivity contribution in [2.45, 2.75) is 126 Å². The normalized spacial score (nSPS) is 26.0. The van der Waals surface area contributed by atoms with Crippen molar-refractivity contribution in [3.63, 3.8) is 0 Å². The van der Waals surface area contributed by atoms with Crippen molar-refractivity contribution in [1.29, 1.82) is 0 Å². The molecule has 0 amide bonds. The summed E-state index contributed by atoms with van der Waals surface area (Å²) < 4.78 is 58.9. The number of benzene rings is 1. The molecule has 3 aliphatic rings. The summed E-state index contributed by atoms with van der Waals surface area (Å²) in [6.07, 6.45) is 26.2. The van der Waals surface area contributed by atoms with Crippen molar-refractivity contribution in [3.05, 3.63) is 62.4 Å². The van der Waals surface area contributed by atoms with Crippen molar-refractivity contribution in [2.75, 3.05) is 0 Å². The molecular weight excluding hydrogens is 686 g/mol. The van der Waals surface area contributed by atoms with Gasteiger partial charge < -0.3 is 12.0 Å². The number of rotatable bonds is 6. The smallest absolute Gasteiger partial charge is 0.741 e. The van der Waals surface area contributed by atoms with Gasteiger partial charge in [-0.25, -0.2) is 27.0 Å². The maximum Gasteiger partial charge on any atom is 3.00 e. The first-order valence-corrected chi connectivity index (χ1v) is 19.7. The van der Waals surface area contributed by atoms with Gasteiger partial charge in [-0.2, -0.15) is 13.2 Å². The molecule has 1 aromatic carbocycles. The van der Waals surface area contributed by atoms with Gasteiger partial charge in [-0.3, -0.25) is 0 Å². The number of halogens is 3. The van der Waals surface area contributed by atoms with Crippen LogP contribution in [-0.2, 0) is 29.6 Å². The molecule has 2 aliphatic heterocycles. The fraction of sp³-hybridized carbons (Fsp3) is 0.625. The van der Waals surface area contributed by atoms with E-state index in [2.05, 4.69) is 82.7 Å². The Labute approximate surface area is 270 Å². The molecule has 3 nitrogen and oxygen atoms in total. The standard InChI is InChI=1S/C22H36P2.C8H11.CHF3O3S.CH3.Rh/c1-5-17-13-14-18(6-2)23(17)21-11-9-10-12-22(21)24-19(7-3)15-16-20(24)8-4;1-2-4-6-8-7-5-3-1;2-1(3,4)8(5,6)7;;/h9-12,17-20H,5-8,13-16H2,1-4H3;1-3,6,8H,4-5,7H2;(H,5,6,7);1H3;/q;-1;;-1;+3/p+1/b;3-1+,8-6+;;;/t17-,18-,19-,20-;;;;/m1..../s1. The average Bonchev–Trinajstić information content (AvgIpc) is 3.51. The zero-order valence-electron chi connectivity index (χ0n) is 25.9. The second kappa shape index (κ2) is 20.7. The van der Waals surface area contributed by atoms with E-state index in [-0.39, 0.29) is 42.7 Å². The molecule has 1 aliphatic carbocycles. The summed E-state index contributed by atoms with van der Waals surface area (Å²) in [5, 5.41) is 3.79. The zero-order chi connectivity index (χ0) is 29.8. The monoisotopic (exact) mass is 738 g/mol. The van der Waals surface area contributed by atoms with Gasteiger partial charge in [0.2, 0.25) is 0 Å². The molecule has 0 bridgehead atoms. The van der Waals surface area contributed by atoms with E-state index in [1.54, 1.807) is 0 Å². The third-order valence-corrected chi connectivity index (χ3v) is 17.7. The molecule has 2 heterocycles. The Kier molecular flexibility index (Phi) is 20.6. The van der Waals surface area contributed by atoms with E-state index in [9.17, 15) is 13.2 Å². The minimum atomic E-state index is -6.09. The maximum absolute atomic E-state index is 10.7. The molecule has 2 fully saturated rings. The Morgan fingerprint density at radius 2 is 1.14 bits per heavy atom. The Hall–Kier alpha value is -0.247. The van der Waals surface area contributed by atoms with Crippen LogP contribution in [0.1, 0.15) is 98.3 Å². The van der Waals surface area contributed by atoms with E-state index >= 15 is 0 Å². The third-order valence-electron chi connectivity index (χ3n) is 8.50. The minimum absolute atomic E-state index is 0. The molecule has 4 atom stereocenters. The second-order valence-electron chi connectivity index (χ2n) is 10.9. The van der Waals surface area contributed by atoms with Gasteiger partial charge in [-0.05, 0) is 69.9 Å². The van der Waals surface area contributed by atoms with Gasteiger partial charge >= 0.3 is 25.0 Å². The number of hydrogen-bond donors (Lipinski definition) is 0. The molecule has 2 saturated heterocycles. The number of allylic oxidation sites excluding steroid dienone is 4. The summed E-state index contributed by atoms with van der Waals surface area (Å²) in [6.45, 7) is 9.79. The molecule has 0 radical (unpaired) electrons. The maximum atomic E-state index is 10.7. The van der Waals surface area contributed by atoms with Gasteiger partial charge in [0, 0.05) is 15.8 Å². The van der Waals surface area contributed by atoms with Gasteiger partial charge in [-0.1, -0.05) is 58.7 Å². The summed E-state index contributed by atoms with van der Waals surface area (Å²) in [7, 11) is -6.83. The van der Waals surface area contributed by atoms with Crippen LogP contribution in [0.3, 0.4) is 0 Å². The number of alkyl halides is 3. The summed E-state index contributed by atoms with van der Waals surface area (Å²) in [4.78, 5) is 0. The van der Waals surface area contributed by atoms with E-state index < -0.39 is 15.6 Å². The fourth-order valence-corrected chi connectivity index (χ4v) is 15.4. The predicted octanol–water partition coefficient (Wildman–Crippen LogP) is 9.05. The summed E-state index contributed by atoms with van der Waals surface area (Å²) in [5.41, 5.74) is -1.52. The first-order chi connectivity index (χ1) is 19.0. The molecule has 0 spiro atoms. The molecular formula is C32H52F3O3P2RhS+2. The van der Waals surface area contributed by atoms with Crippen LogP contribution in [0.2, 0.25) is 0 Å². The Bertz CT molecular complexity index is 953. The van der Waals surface area contributed by atoms with Crippen molar-refractivity contribution >= 4 is 36.6 Å². The van der Waals surface area contributed by atoms with E-state index in [1.807, 2.05) is 10.6 Å². The van der Waals surface area contributed by atoms with Crippen molar-refractivity contribution in [3.8, 4) is 0 Å². The third kappa shape index (κ3) is 12.3. The van der Waals surface area contributed by atoms with Gasteiger partial charge in [0.1, 0.15) is 10.6 Å². The van der Waals surface area contributed by atoms with Crippen LogP contribution in [0.5, 0.6) is 0 Å². The summed E-state index contributed by atoms with van der Waals surface area (Å²) in [6, 6.07) is 9.87. The Balaban J connectivity index is 0.000000773. The van der Waals surface area contributed by atoms with Gasteiger partial charge in [-0.15, -0.1) is 6.08 Å². The Morgan fingerprint density at radius 1 is 0.786 bits per heavy atom. The zero-order valence-corrected chi connectivity index (χ0v) is 30.3. The quantitative estimate of drug-likeness (QED) is 0.0732. The first kappa shape index (κ1) is 41.8. The molecule has 42 heavy (non-hydrogen) atoms.